The molecular formula is C19H29NO. The van der Waals surface area contributed by atoms with Crippen molar-refractivity contribution in [2.45, 2.75) is 65.5 Å². The maximum Gasteiger partial charge on any atom is 0.179 e. The first-order valence-electron chi connectivity index (χ1n) is 8.23. The fraction of sp³-hybridized carbons (Fsp3) is 0.632. The Bertz CT molecular complexity index is 508. The van der Waals surface area contributed by atoms with Gasteiger partial charge in [-0.05, 0) is 58.2 Å². The van der Waals surface area contributed by atoms with E-state index in [0.717, 1.165) is 22.6 Å². The Morgan fingerprint density at radius 1 is 1.29 bits per heavy atom. The lowest BCUT2D eigenvalue weighted by Gasteiger charge is -2.37. The Morgan fingerprint density at radius 3 is 2.67 bits per heavy atom. The number of nitrogens with zero attached hydrogens (tertiary/aromatic N) is 1. The van der Waals surface area contributed by atoms with Crippen molar-refractivity contribution in [1.82, 2.24) is 4.90 Å². The van der Waals surface area contributed by atoms with Crippen LogP contribution in [0.1, 0.15) is 61.0 Å². The largest absolute Gasteiger partial charge is 0.294 e. The van der Waals surface area contributed by atoms with Gasteiger partial charge in [0.1, 0.15) is 0 Å². The summed E-state index contributed by atoms with van der Waals surface area (Å²) in [6.45, 7) is 8.47. The fourth-order valence-corrected chi connectivity index (χ4v) is 3.50. The van der Waals surface area contributed by atoms with Crippen molar-refractivity contribution in [3.8, 4) is 0 Å². The second-order valence-electron chi connectivity index (χ2n) is 6.95. The van der Waals surface area contributed by atoms with E-state index >= 15 is 0 Å². The topological polar surface area (TPSA) is 20.3 Å². The molecule has 1 fully saturated rings. The number of aryl methyl sites for hydroxylation is 2. The van der Waals surface area contributed by atoms with Gasteiger partial charge < -0.3 is 0 Å². The van der Waals surface area contributed by atoms with Crippen LogP contribution in [0.5, 0.6) is 0 Å². The molecular weight excluding hydrogens is 258 g/mol. The van der Waals surface area contributed by atoms with Gasteiger partial charge in [0.15, 0.2) is 5.78 Å². The molecule has 0 aliphatic heterocycles. The van der Waals surface area contributed by atoms with E-state index in [1.54, 1.807) is 0 Å². The van der Waals surface area contributed by atoms with E-state index in [1.807, 2.05) is 19.9 Å². The predicted molar refractivity (Wildman–Crippen MR) is 88.9 cm³/mol. The highest BCUT2D eigenvalue weighted by Gasteiger charge is 2.29. The molecule has 3 atom stereocenters. The van der Waals surface area contributed by atoms with Crippen molar-refractivity contribution in [2.75, 3.05) is 7.05 Å². The molecule has 116 valence electrons. The van der Waals surface area contributed by atoms with Gasteiger partial charge in [-0.25, -0.2) is 0 Å². The Labute approximate surface area is 129 Å². The maximum atomic E-state index is 12.8. The van der Waals surface area contributed by atoms with E-state index in [0.29, 0.717) is 6.04 Å². The van der Waals surface area contributed by atoms with Crippen molar-refractivity contribution < 1.29 is 4.79 Å². The maximum absolute atomic E-state index is 12.8. The summed E-state index contributed by atoms with van der Waals surface area (Å²) < 4.78 is 0. The molecule has 0 amide bonds. The minimum atomic E-state index is -0.0409. The Kier molecular flexibility index (Phi) is 5.21. The van der Waals surface area contributed by atoms with Gasteiger partial charge in [-0.2, -0.15) is 0 Å². The van der Waals surface area contributed by atoms with Gasteiger partial charge in [0.05, 0.1) is 6.04 Å². The summed E-state index contributed by atoms with van der Waals surface area (Å²) in [6.07, 6.45) is 5.08. The molecule has 0 N–H and O–H groups in total. The zero-order valence-corrected chi connectivity index (χ0v) is 14.1. The normalized spacial score (nSPS) is 24.1. The molecule has 1 aliphatic carbocycles. The van der Waals surface area contributed by atoms with E-state index < -0.39 is 0 Å². The fourth-order valence-electron chi connectivity index (χ4n) is 3.50. The molecule has 0 saturated heterocycles. The Morgan fingerprint density at radius 2 is 2.00 bits per heavy atom. The zero-order chi connectivity index (χ0) is 15.6. The first kappa shape index (κ1) is 16.2. The molecule has 0 bridgehead atoms. The van der Waals surface area contributed by atoms with Gasteiger partial charge in [-0.15, -0.1) is 0 Å². The third-order valence-electron chi connectivity index (χ3n) is 5.13. The summed E-state index contributed by atoms with van der Waals surface area (Å²) in [5.41, 5.74) is 3.13. The van der Waals surface area contributed by atoms with Crippen LogP contribution in [0.15, 0.2) is 18.2 Å². The van der Waals surface area contributed by atoms with Crippen molar-refractivity contribution in [2.24, 2.45) is 5.92 Å². The van der Waals surface area contributed by atoms with E-state index in [2.05, 4.69) is 37.9 Å². The standard InChI is InChI=1S/C19H29NO/c1-13-7-6-8-17(11-13)20(5)16(4)19(21)18-12-14(2)9-10-15(18)3/h9-10,12-13,16-17H,6-8,11H2,1-5H3. The summed E-state index contributed by atoms with van der Waals surface area (Å²) in [7, 11) is 2.12. The molecule has 3 unspecified atom stereocenters. The second kappa shape index (κ2) is 6.74. The first-order chi connectivity index (χ1) is 9.90. The van der Waals surface area contributed by atoms with Crippen LogP contribution >= 0.6 is 0 Å². The number of hydrogen-bond donors (Lipinski definition) is 0. The lowest BCUT2D eigenvalue weighted by Crippen LogP contribution is -2.45. The number of rotatable bonds is 4. The number of benzene rings is 1. The highest BCUT2D eigenvalue weighted by atomic mass is 16.1. The molecule has 1 aromatic carbocycles. The van der Waals surface area contributed by atoms with E-state index in [-0.39, 0.29) is 11.8 Å². The smallest absolute Gasteiger partial charge is 0.179 e. The van der Waals surface area contributed by atoms with Gasteiger partial charge in [-0.1, -0.05) is 37.5 Å². The number of Topliss-reactive ketones (excluding diaryl/α,β-unsaturated/α-hetero) is 1. The SMILES string of the molecule is Cc1ccc(C)c(C(=O)C(C)N(C)C2CCCC(C)C2)c1. The second-order valence-corrected chi connectivity index (χ2v) is 6.95. The minimum Gasteiger partial charge on any atom is -0.294 e. The van der Waals surface area contributed by atoms with E-state index in [9.17, 15) is 4.79 Å². The zero-order valence-electron chi connectivity index (χ0n) is 14.1. The van der Waals surface area contributed by atoms with Gasteiger partial charge in [-0.3, -0.25) is 9.69 Å². The summed E-state index contributed by atoms with van der Waals surface area (Å²) >= 11 is 0. The first-order valence-corrected chi connectivity index (χ1v) is 8.23. The molecule has 21 heavy (non-hydrogen) atoms. The van der Waals surface area contributed by atoms with Crippen molar-refractivity contribution in [3.05, 3.63) is 34.9 Å². The molecule has 1 aromatic rings. The van der Waals surface area contributed by atoms with E-state index in [1.165, 1.54) is 25.7 Å². The molecule has 2 nitrogen and oxygen atoms in total. The number of ketones is 1. The molecule has 0 radical (unpaired) electrons. The molecule has 1 aliphatic rings. The van der Waals surface area contributed by atoms with Crippen LogP contribution in [-0.4, -0.2) is 29.8 Å². The van der Waals surface area contributed by atoms with Crippen molar-refractivity contribution >= 4 is 5.78 Å². The average Bonchev–Trinajstić information content (AvgIpc) is 2.47. The summed E-state index contributed by atoms with van der Waals surface area (Å²) in [5, 5.41) is 0. The number of carbonyl (C=O) groups excluding carboxylic acids is 1. The van der Waals surface area contributed by atoms with Gasteiger partial charge >= 0.3 is 0 Å². The summed E-state index contributed by atoms with van der Waals surface area (Å²) in [5.74, 6) is 1.05. The lowest BCUT2D eigenvalue weighted by atomic mass is 9.85. The lowest BCUT2D eigenvalue weighted by molar-refractivity contribution is 0.0747. The predicted octanol–water partition coefficient (Wildman–Crippen LogP) is 4.39. The van der Waals surface area contributed by atoms with Crippen LogP contribution in [0, 0.1) is 19.8 Å². The third kappa shape index (κ3) is 3.74. The molecule has 2 rings (SSSR count). The van der Waals surface area contributed by atoms with Crippen molar-refractivity contribution in [3.63, 3.8) is 0 Å². The number of carbonyl (C=O) groups is 1. The summed E-state index contributed by atoms with van der Waals surface area (Å²) in [6, 6.07) is 6.67. The monoisotopic (exact) mass is 287 g/mol. The Balaban J connectivity index is 2.12. The van der Waals surface area contributed by atoms with Crippen molar-refractivity contribution in [1.29, 1.82) is 0 Å². The quantitative estimate of drug-likeness (QED) is 0.766. The number of likely N-dealkylation sites (N-methyl/N-ethyl adjacent to an activating group) is 1. The molecule has 0 heterocycles. The minimum absolute atomic E-state index is 0.0409. The van der Waals surface area contributed by atoms with E-state index in [4.69, 9.17) is 0 Å². The number of hydrogen-bond acceptors (Lipinski definition) is 2. The van der Waals surface area contributed by atoms with Crippen LogP contribution < -0.4 is 0 Å². The summed E-state index contributed by atoms with van der Waals surface area (Å²) in [4.78, 5) is 15.1. The molecule has 0 spiro atoms. The van der Waals surface area contributed by atoms with Crippen LogP contribution in [0.25, 0.3) is 0 Å². The van der Waals surface area contributed by atoms with Gasteiger partial charge in [0.2, 0.25) is 0 Å². The van der Waals surface area contributed by atoms with Crippen LogP contribution in [0.2, 0.25) is 0 Å². The molecule has 1 saturated carbocycles. The highest BCUT2D eigenvalue weighted by molar-refractivity contribution is 6.01. The molecule has 0 aromatic heterocycles. The van der Waals surface area contributed by atoms with Crippen LogP contribution in [0.4, 0.5) is 0 Å². The molecule has 2 heteroatoms. The van der Waals surface area contributed by atoms with Crippen LogP contribution in [-0.2, 0) is 0 Å². The van der Waals surface area contributed by atoms with Gasteiger partial charge in [0, 0.05) is 11.6 Å². The third-order valence-corrected chi connectivity index (χ3v) is 5.13. The van der Waals surface area contributed by atoms with Crippen LogP contribution in [0.3, 0.4) is 0 Å². The Hall–Kier alpha value is -1.15. The average molecular weight is 287 g/mol. The van der Waals surface area contributed by atoms with Gasteiger partial charge in [0.25, 0.3) is 0 Å². The highest BCUT2D eigenvalue weighted by Crippen LogP contribution is 2.28.